The van der Waals surface area contributed by atoms with Crippen LogP contribution < -0.4 is 0 Å². The Labute approximate surface area is 145 Å². The molecule has 4 nitrogen and oxygen atoms in total. The van der Waals surface area contributed by atoms with Gasteiger partial charge in [0.15, 0.2) is 0 Å². The van der Waals surface area contributed by atoms with Crippen molar-refractivity contribution in [3.63, 3.8) is 0 Å². The molecule has 0 radical (unpaired) electrons. The Balaban J connectivity index is 2.29. The summed E-state index contributed by atoms with van der Waals surface area (Å²) in [4.78, 5) is 10.8. The molecule has 0 aromatic carbocycles. The van der Waals surface area contributed by atoms with Crippen LogP contribution in [0, 0.1) is 22.7 Å². The maximum Gasteiger partial charge on any atom is 0.328 e. The molecule has 0 spiro atoms. The lowest BCUT2D eigenvalue weighted by molar-refractivity contribution is -0.131. The van der Waals surface area contributed by atoms with Gasteiger partial charge in [0.1, 0.15) is 0 Å². The smallest absolute Gasteiger partial charge is 0.328 e. The minimum absolute atomic E-state index is 0.0295. The molecule has 2 aliphatic carbocycles. The van der Waals surface area contributed by atoms with Crippen LogP contribution >= 0.6 is 0 Å². The van der Waals surface area contributed by atoms with Gasteiger partial charge in [-0.2, -0.15) is 0 Å². The summed E-state index contributed by atoms with van der Waals surface area (Å²) in [5.41, 5.74) is 1.53. The summed E-state index contributed by atoms with van der Waals surface area (Å²) in [6.45, 7) is 12.6. The number of aliphatic hydroxyl groups is 2. The molecular formula is C20H32O4. The number of carboxylic acid groups (broad SMARTS) is 1. The molecule has 2 fully saturated rings. The van der Waals surface area contributed by atoms with Gasteiger partial charge in [-0.05, 0) is 67.3 Å². The first-order valence-electron chi connectivity index (χ1n) is 8.92. The van der Waals surface area contributed by atoms with E-state index in [0.29, 0.717) is 18.8 Å². The molecule has 3 N–H and O–H groups in total. The van der Waals surface area contributed by atoms with Gasteiger partial charge in [-0.15, -0.1) is 0 Å². The minimum atomic E-state index is -0.923. The summed E-state index contributed by atoms with van der Waals surface area (Å²) in [6.07, 6.45) is 4.03. The molecule has 0 saturated heterocycles. The van der Waals surface area contributed by atoms with Crippen molar-refractivity contribution in [2.24, 2.45) is 22.7 Å². The van der Waals surface area contributed by atoms with E-state index in [9.17, 15) is 15.0 Å². The van der Waals surface area contributed by atoms with Crippen molar-refractivity contribution in [2.75, 3.05) is 0 Å². The zero-order chi connectivity index (χ0) is 18.3. The quantitative estimate of drug-likeness (QED) is 0.542. The van der Waals surface area contributed by atoms with Gasteiger partial charge < -0.3 is 15.3 Å². The Hall–Kier alpha value is -1.13. The standard InChI is InChI=1S/C20H32O4/c1-12(8-18(23)24)6-7-15-13(2)16(22)9-17-19(3,4)10-14(21)11-20(15,17)5/h8,14-17,21-22H,2,6-7,9-11H2,1,3-5H3,(H,23,24)/b12-8-/t14-,15-,16+,17-,20+/m0/s1. The Morgan fingerprint density at radius 2 is 1.92 bits per heavy atom. The van der Waals surface area contributed by atoms with Crippen LogP contribution in [-0.4, -0.2) is 33.5 Å². The average Bonchev–Trinajstić information content (AvgIpc) is 2.39. The van der Waals surface area contributed by atoms with Gasteiger partial charge in [-0.3, -0.25) is 0 Å². The lowest BCUT2D eigenvalue weighted by atomic mass is 9.46. The number of carboxylic acids is 1. The van der Waals surface area contributed by atoms with Crippen LogP contribution in [0.3, 0.4) is 0 Å². The first-order valence-corrected chi connectivity index (χ1v) is 8.92. The molecular weight excluding hydrogens is 304 g/mol. The highest BCUT2D eigenvalue weighted by molar-refractivity contribution is 5.80. The van der Waals surface area contributed by atoms with Gasteiger partial charge >= 0.3 is 5.97 Å². The molecule has 0 heterocycles. The van der Waals surface area contributed by atoms with Crippen molar-refractivity contribution in [1.29, 1.82) is 0 Å². The largest absolute Gasteiger partial charge is 0.478 e. The number of fused-ring (bicyclic) bond motifs is 1. The Morgan fingerprint density at radius 3 is 2.50 bits per heavy atom. The van der Waals surface area contributed by atoms with Gasteiger partial charge in [0.25, 0.3) is 0 Å². The number of hydrogen-bond donors (Lipinski definition) is 3. The van der Waals surface area contributed by atoms with Crippen LogP contribution in [-0.2, 0) is 4.79 Å². The van der Waals surface area contributed by atoms with Gasteiger partial charge in [-0.1, -0.05) is 32.9 Å². The third-order valence-corrected chi connectivity index (χ3v) is 6.50. The molecule has 0 aromatic heterocycles. The molecule has 0 bridgehead atoms. The topological polar surface area (TPSA) is 77.8 Å². The Kier molecular flexibility index (Phi) is 5.31. The van der Waals surface area contributed by atoms with Crippen molar-refractivity contribution in [2.45, 2.75) is 72.0 Å². The number of aliphatic carboxylic acids is 1. The number of aliphatic hydroxyl groups excluding tert-OH is 2. The second kappa shape index (κ2) is 6.64. The van der Waals surface area contributed by atoms with Gasteiger partial charge in [0.2, 0.25) is 0 Å². The van der Waals surface area contributed by atoms with Crippen molar-refractivity contribution in [1.82, 2.24) is 0 Å². The zero-order valence-corrected chi connectivity index (χ0v) is 15.4. The fourth-order valence-electron chi connectivity index (χ4n) is 5.54. The minimum Gasteiger partial charge on any atom is -0.478 e. The Morgan fingerprint density at radius 1 is 1.29 bits per heavy atom. The molecule has 2 aliphatic rings. The van der Waals surface area contributed by atoms with E-state index in [1.54, 1.807) is 0 Å². The fraction of sp³-hybridized carbons (Fsp3) is 0.750. The summed E-state index contributed by atoms with van der Waals surface area (Å²) in [5, 5.41) is 29.9. The maximum absolute atomic E-state index is 10.8. The summed E-state index contributed by atoms with van der Waals surface area (Å²) >= 11 is 0. The highest BCUT2D eigenvalue weighted by atomic mass is 16.4. The van der Waals surface area contributed by atoms with Crippen LogP contribution in [0.4, 0.5) is 0 Å². The molecule has 4 heteroatoms. The van der Waals surface area contributed by atoms with Crippen molar-refractivity contribution in [3.8, 4) is 0 Å². The van der Waals surface area contributed by atoms with E-state index in [2.05, 4.69) is 27.4 Å². The van der Waals surface area contributed by atoms with Crippen LogP contribution in [0.15, 0.2) is 23.8 Å². The number of hydrogen-bond acceptors (Lipinski definition) is 3. The van der Waals surface area contributed by atoms with E-state index in [0.717, 1.165) is 30.4 Å². The predicted octanol–water partition coefficient (Wildman–Crippen LogP) is 3.54. The number of allylic oxidation sites excluding steroid dienone is 1. The molecule has 0 aliphatic heterocycles. The number of carbonyl (C=O) groups is 1. The molecule has 2 saturated carbocycles. The molecule has 0 amide bonds. The van der Waals surface area contributed by atoms with Gasteiger partial charge in [0, 0.05) is 6.08 Å². The van der Waals surface area contributed by atoms with E-state index < -0.39 is 12.1 Å². The fourth-order valence-corrected chi connectivity index (χ4v) is 5.54. The van der Waals surface area contributed by atoms with Gasteiger partial charge in [-0.25, -0.2) is 4.79 Å². The van der Waals surface area contributed by atoms with Crippen LogP contribution in [0.1, 0.15) is 59.8 Å². The second-order valence-corrected chi connectivity index (χ2v) is 8.86. The molecule has 24 heavy (non-hydrogen) atoms. The summed E-state index contributed by atoms with van der Waals surface area (Å²) in [6, 6.07) is 0. The van der Waals surface area contributed by atoms with E-state index in [-0.39, 0.29) is 22.9 Å². The number of rotatable bonds is 4. The average molecular weight is 336 g/mol. The van der Waals surface area contributed by atoms with E-state index in [1.165, 1.54) is 6.08 Å². The Bertz CT molecular complexity index is 548. The monoisotopic (exact) mass is 336 g/mol. The third kappa shape index (κ3) is 3.60. The van der Waals surface area contributed by atoms with Crippen molar-refractivity contribution >= 4 is 5.97 Å². The summed E-state index contributed by atoms with van der Waals surface area (Å²) in [5.74, 6) is -0.506. The molecule has 136 valence electrons. The predicted molar refractivity (Wildman–Crippen MR) is 94.5 cm³/mol. The molecule has 2 rings (SSSR count). The molecule has 0 aromatic rings. The summed E-state index contributed by atoms with van der Waals surface area (Å²) < 4.78 is 0. The first-order chi connectivity index (χ1) is 11.0. The normalized spacial score (nSPS) is 39.4. The van der Waals surface area contributed by atoms with Gasteiger partial charge in [0.05, 0.1) is 12.2 Å². The van der Waals surface area contributed by atoms with E-state index in [1.807, 2.05) is 6.92 Å². The highest BCUT2D eigenvalue weighted by Crippen LogP contribution is 2.61. The van der Waals surface area contributed by atoms with Crippen molar-refractivity contribution < 1.29 is 20.1 Å². The van der Waals surface area contributed by atoms with E-state index in [4.69, 9.17) is 5.11 Å². The highest BCUT2D eigenvalue weighted by Gasteiger charge is 2.56. The van der Waals surface area contributed by atoms with Crippen molar-refractivity contribution in [3.05, 3.63) is 23.8 Å². The SMILES string of the molecule is C=C1[C@H](O)C[C@H]2C(C)(C)C[C@H](O)C[C@]2(C)[C@H]1CC/C(C)=C\C(=O)O. The third-order valence-electron chi connectivity index (χ3n) is 6.50. The molecule has 0 unspecified atom stereocenters. The summed E-state index contributed by atoms with van der Waals surface area (Å²) in [7, 11) is 0. The maximum atomic E-state index is 10.8. The lowest BCUT2D eigenvalue weighted by Gasteiger charge is -2.60. The van der Waals surface area contributed by atoms with Crippen LogP contribution in [0.5, 0.6) is 0 Å². The van der Waals surface area contributed by atoms with Crippen LogP contribution in [0.2, 0.25) is 0 Å². The van der Waals surface area contributed by atoms with E-state index >= 15 is 0 Å². The molecule has 5 atom stereocenters. The zero-order valence-electron chi connectivity index (χ0n) is 15.4. The first kappa shape index (κ1) is 19.2. The van der Waals surface area contributed by atoms with Crippen LogP contribution in [0.25, 0.3) is 0 Å². The second-order valence-electron chi connectivity index (χ2n) is 8.86. The lowest BCUT2D eigenvalue weighted by Crippen LogP contribution is -2.55.